The molecule has 2 aromatic carbocycles. The first-order valence-electron chi connectivity index (χ1n) is 6.41. The van der Waals surface area contributed by atoms with Crippen LogP contribution in [-0.4, -0.2) is 7.11 Å². The number of para-hydroxylation sites is 1. The van der Waals surface area contributed by atoms with Crippen molar-refractivity contribution in [3.8, 4) is 11.5 Å². The predicted molar refractivity (Wildman–Crippen MR) is 76.3 cm³/mol. The van der Waals surface area contributed by atoms with Gasteiger partial charge in [-0.25, -0.2) is 4.39 Å². The summed E-state index contributed by atoms with van der Waals surface area (Å²) in [5.41, 5.74) is 7.69. The van der Waals surface area contributed by atoms with Crippen LogP contribution in [-0.2, 0) is 6.61 Å². The lowest BCUT2D eigenvalue weighted by Gasteiger charge is -2.14. The maximum atomic E-state index is 13.5. The molecule has 2 rings (SSSR count). The third-order valence-electron chi connectivity index (χ3n) is 3.05. The van der Waals surface area contributed by atoms with E-state index in [2.05, 4.69) is 0 Å². The number of ether oxygens (including phenoxy) is 2. The van der Waals surface area contributed by atoms with Crippen LogP contribution in [0.1, 0.15) is 24.1 Å². The van der Waals surface area contributed by atoms with Crippen LogP contribution in [0, 0.1) is 5.82 Å². The first kappa shape index (κ1) is 14.3. The van der Waals surface area contributed by atoms with Gasteiger partial charge in [-0.1, -0.05) is 18.2 Å². The van der Waals surface area contributed by atoms with Crippen LogP contribution in [0.2, 0.25) is 0 Å². The number of hydrogen-bond acceptors (Lipinski definition) is 3. The third kappa shape index (κ3) is 3.27. The fraction of sp³-hybridized carbons (Fsp3) is 0.250. The van der Waals surface area contributed by atoms with E-state index in [9.17, 15) is 4.39 Å². The molecule has 1 unspecified atom stereocenters. The van der Waals surface area contributed by atoms with E-state index in [1.807, 2.05) is 25.1 Å². The van der Waals surface area contributed by atoms with E-state index >= 15 is 0 Å². The summed E-state index contributed by atoms with van der Waals surface area (Å²) in [4.78, 5) is 0. The zero-order valence-electron chi connectivity index (χ0n) is 11.6. The lowest BCUT2D eigenvalue weighted by atomic mass is 10.1. The first-order chi connectivity index (χ1) is 9.61. The molecule has 20 heavy (non-hydrogen) atoms. The summed E-state index contributed by atoms with van der Waals surface area (Å²) in [6, 6.07) is 11.9. The Labute approximate surface area is 118 Å². The van der Waals surface area contributed by atoms with Crippen molar-refractivity contribution in [2.24, 2.45) is 5.73 Å². The van der Waals surface area contributed by atoms with Gasteiger partial charge in [0.2, 0.25) is 0 Å². The number of nitrogens with two attached hydrogens (primary N) is 1. The molecule has 0 heterocycles. The summed E-state index contributed by atoms with van der Waals surface area (Å²) in [5, 5.41) is 0. The van der Waals surface area contributed by atoms with Crippen molar-refractivity contribution in [3.05, 3.63) is 59.4 Å². The highest BCUT2D eigenvalue weighted by molar-refractivity contribution is 5.38. The van der Waals surface area contributed by atoms with Crippen molar-refractivity contribution in [2.45, 2.75) is 19.6 Å². The Kier molecular flexibility index (Phi) is 4.58. The maximum Gasteiger partial charge on any atom is 0.165 e. The van der Waals surface area contributed by atoms with Crippen LogP contribution in [0.15, 0.2) is 42.5 Å². The van der Waals surface area contributed by atoms with Gasteiger partial charge < -0.3 is 15.2 Å². The van der Waals surface area contributed by atoms with Crippen molar-refractivity contribution in [1.29, 1.82) is 0 Å². The van der Waals surface area contributed by atoms with Gasteiger partial charge in [0.15, 0.2) is 11.6 Å². The summed E-state index contributed by atoms with van der Waals surface area (Å²) < 4.78 is 24.3. The summed E-state index contributed by atoms with van der Waals surface area (Å²) in [6.45, 7) is 2.13. The van der Waals surface area contributed by atoms with Gasteiger partial charge in [0.05, 0.1) is 7.11 Å². The molecule has 0 fully saturated rings. The molecule has 106 valence electrons. The number of halogens is 1. The van der Waals surface area contributed by atoms with Gasteiger partial charge in [-0.15, -0.1) is 0 Å². The normalized spacial score (nSPS) is 12.0. The Bertz CT molecular complexity index is 584. The molecule has 0 radical (unpaired) electrons. The predicted octanol–water partition coefficient (Wildman–Crippen LogP) is 3.43. The van der Waals surface area contributed by atoms with E-state index < -0.39 is 0 Å². The molecule has 4 heteroatoms. The highest BCUT2D eigenvalue weighted by Crippen LogP contribution is 2.25. The largest absolute Gasteiger partial charge is 0.496 e. The summed E-state index contributed by atoms with van der Waals surface area (Å²) in [5.74, 6) is 0.543. The van der Waals surface area contributed by atoms with Crippen LogP contribution in [0.3, 0.4) is 0 Å². The van der Waals surface area contributed by atoms with Gasteiger partial charge in [-0.3, -0.25) is 0 Å². The molecule has 0 aliphatic rings. The van der Waals surface area contributed by atoms with Gasteiger partial charge in [-0.2, -0.15) is 0 Å². The zero-order valence-corrected chi connectivity index (χ0v) is 11.6. The van der Waals surface area contributed by atoms with E-state index in [0.717, 1.165) is 11.1 Å². The second kappa shape index (κ2) is 6.39. The summed E-state index contributed by atoms with van der Waals surface area (Å²) in [6.07, 6.45) is 0. The third-order valence-corrected chi connectivity index (χ3v) is 3.05. The zero-order chi connectivity index (χ0) is 14.5. The molecule has 0 saturated heterocycles. The molecule has 2 N–H and O–H groups in total. The summed E-state index contributed by atoms with van der Waals surface area (Å²) in [7, 11) is 1.59. The van der Waals surface area contributed by atoms with Crippen LogP contribution in [0.25, 0.3) is 0 Å². The average Bonchev–Trinajstić information content (AvgIpc) is 2.46. The van der Waals surface area contributed by atoms with Crippen molar-refractivity contribution < 1.29 is 13.9 Å². The van der Waals surface area contributed by atoms with E-state index in [1.165, 1.54) is 6.07 Å². The molecule has 3 nitrogen and oxygen atoms in total. The molecular weight excluding hydrogens is 257 g/mol. The fourth-order valence-corrected chi connectivity index (χ4v) is 1.91. The molecule has 0 aromatic heterocycles. The second-order valence-electron chi connectivity index (χ2n) is 4.58. The molecule has 0 aliphatic heterocycles. The minimum Gasteiger partial charge on any atom is -0.496 e. The Balaban J connectivity index is 2.19. The van der Waals surface area contributed by atoms with Crippen molar-refractivity contribution in [1.82, 2.24) is 0 Å². The van der Waals surface area contributed by atoms with Crippen molar-refractivity contribution in [3.63, 3.8) is 0 Å². The van der Waals surface area contributed by atoms with Crippen LogP contribution in [0.5, 0.6) is 11.5 Å². The number of methoxy groups -OCH3 is 1. The van der Waals surface area contributed by atoms with Crippen molar-refractivity contribution >= 4 is 0 Å². The van der Waals surface area contributed by atoms with Crippen LogP contribution in [0.4, 0.5) is 4.39 Å². The van der Waals surface area contributed by atoms with Gasteiger partial charge >= 0.3 is 0 Å². The van der Waals surface area contributed by atoms with Gasteiger partial charge in [0.25, 0.3) is 0 Å². The van der Waals surface area contributed by atoms with Crippen LogP contribution >= 0.6 is 0 Å². The van der Waals surface area contributed by atoms with Gasteiger partial charge in [0.1, 0.15) is 12.4 Å². The maximum absolute atomic E-state index is 13.5. The number of benzene rings is 2. The lowest BCUT2D eigenvalue weighted by molar-refractivity contribution is 0.282. The molecular formula is C16H18FNO2. The highest BCUT2D eigenvalue weighted by Gasteiger charge is 2.09. The Hall–Kier alpha value is -2.07. The van der Waals surface area contributed by atoms with Crippen LogP contribution < -0.4 is 15.2 Å². The molecule has 0 saturated carbocycles. The Morgan fingerprint density at radius 1 is 1.15 bits per heavy atom. The monoisotopic (exact) mass is 275 g/mol. The minimum atomic E-state index is -0.380. The number of rotatable bonds is 5. The van der Waals surface area contributed by atoms with Gasteiger partial charge in [0, 0.05) is 11.6 Å². The lowest BCUT2D eigenvalue weighted by Crippen LogP contribution is -2.07. The Morgan fingerprint density at radius 3 is 2.55 bits per heavy atom. The first-order valence-corrected chi connectivity index (χ1v) is 6.41. The molecule has 1 atom stereocenters. The second-order valence-corrected chi connectivity index (χ2v) is 4.58. The Morgan fingerprint density at radius 2 is 1.90 bits per heavy atom. The van der Waals surface area contributed by atoms with E-state index in [0.29, 0.717) is 5.75 Å². The molecule has 0 amide bonds. The van der Waals surface area contributed by atoms with E-state index in [4.69, 9.17) is 15.2 Å². The average molecular weight is 275 g/mol. The molecule has 0 spiro atoms. The van der Waals surface area contributed by atoms with E-state index in [-0.39, 0.29) is 24.2 Å². The summed E-state index contributed by atoms with van der Waals surface area (Å²) >= 11 is 0. The van der Waals surface area contributed by atoms with Gasteiger partial charge in [-0.05, 0) is 36.8 Å². The fourth-order valence-electron chi connectivity index (χ4n) is 1.91. The van der Waals surface area contributed by atoms with E-state index in [1.54, 1.807) is 25.3 Å². The standard InChI is InChI=1S/C16H18FNO2/c1-11(18)12-7-8-15(19-2)13(9-12)10-20-16-6-4-3-5-14(16)17/h3-9,11H,10,18H2,1-2H3. The van der Waals surface area contributed by atoms with Crippen molar-refractivity contribution in [2.75, 3.05) is 7.11 Å². The molecule has 0 aliphatic carbocycles. The molecule has 0 bridgehead atoms. The minimum absolute atomic E-state index is 0.0758. The highest BCUT2D eigenvalue weighted by atomic mass is 19.1. The number of hydrogen-bond donors (Lipinski definition) is 1. The quantitative estimate of drug-likeness (QED) is 0.909. The molecule has 2 aromatic rings. The topological polar surface area (TPSA) is 44.5 Å². The SMILES string of the molecule is COc1ccc(C(C)N)cc1COc1ccccc1F. The smallest absolute Gasteiger partial charge is 0.165 e.